The first kappa shape index (κ1) is 22.2. The first-order valence-corrected chi connectivity index (χ1v) is 12.6. The highest BCUT2D eigenvalue weighted by Crippen LogP contribution is 2.56. The van der Waals surface area contributed by atoms with Gasteiger partial charge in [-0.2, -0.15) is 0 Å². The molecule has 1 amide bonds. The molecule has 0 heterocycles. The monoisotopic (exact) mass is 443 g/mol. The van der Waals surface area contributed by atoms with Crippen LogP contribution in [0.5, 0.6) is 0 Å². The maximum atomic E-state index is 13.2. The van der Waals surface area contributed by atoms with Gasteiger partial charge in [0.15, 0.2) is 0 Å². The molecule has 0 spiro atoms. The van der Waals surface area contributed by atoms with E-state index in [9.17, 15) is 13.2 Å². The molecule has 2 aromatic rings. The molecule has 4 aliphatic carbocycles. The van der Waals surface area contributed by atoms with Gasteiger partial charge in [-0.05, 0) is 94.0 Å². The molecule has 0 unspecified atom stereocenters. The summed E-state index contributed by atoms with van der Waals surface area (Å²) in [5.74, 6) is 1.91. The summed E-state index contributed by atoms with van der Waals surface area (Å²) in [6.45, 7) is 1.47. The van der Waals surface area contributed by atoms with Crippen LogP contribution in [0.3, 0.4) is 0 Å². The average Bonchev–Trinajstić information content (AvgIpc) is 2.66. The van der Waals surface area contributed by atoms with Crippen LogP contribution in [-0.2, 0) is 14.8 Å². The summed E-state index contributed by atoms with van der Waals surface area (Å²) in [4.78, 5) is 11.7. The molecule has 4 bridgehead atoms. The number of hydrogen-bond acceptors (Lipinski definition) is 4. The van der Waals surface area contributed by atoms with Crippen LogP contribution in [0.25, 0.3) is 10.8 Å². The molecule has 4 aliphatic rings. The minimum absolute atomic E-state index is 0.146. The van der Waals surface area contributed by atoms with Gasteiger partial charge in [0.25, 0.3) is 0 Å². The van der Waals surface area contributed by atoms with Crippen LogP contribution in [0, 0.1) is 17.8 Å². The molecular weight excluding hydrogens is 410 g/mol. The normalized spacial score (nSPS) is 28.8. The Balaban J connectivity index is 0.000000730. The van der Waals surface area contributed by atoms with Crippen molar-refractivity contribution in [2.45, 2.75) is 55.9 Å². The third kappa shape index (κ3) is 4.64. The quantitative estimate of drug-likeness (QED) is 0.669. The largest absolute Gasteiger partial charge is 0.326 e. The third-order valence-electron chi connectivity index (χ3n) is 6.86. The Kier molecular flexibility index (Phi) is 6.12. The van der Waals surface area contributed by atoms with Gasteiger partial charge in [0, 0.05) is 23.5 Å². The summed E-state index contributed by atoms with van der Waals surface area (Å²) in [6.07, 6.45) is 6.80. The molecular formula is C24H33N3O3S. The predicted octanol–water partition coefficient (Wildman–Crippen LogP) is 3.88. The molecule has 31 heavy (non-hydrogen) atoms. The highest BCUT2D eigenvalue weighted by atomic mass is 32.2. The third-order valence-corrected chi connectivity index (χ3v) is 8.44. The molecule has 0 saturated heterocycles. The highest BCUT2D eigenvalue weighted by molar-refractivity contribution is 7.89. The fourth-order valence-electron chi connectivity index (χ4n) is 6.31. The SMILES string of the molecule is CC(=O)Nc1cccc2cc(S(=O)(=O)NC34CC5CC(CC(C5)C3)C4)ccc12.CNC. The van der Waals surface area contributed by atoms with E-state index in [4.69, 9.17) is 0 Å². The lowest BCUT2D eigenvalue weighted by atomic mass is 9.53. The molecule has 0 radical (unpaired) electrons. The van der Waals surface area contributed by atoms with Crippen molar-refractivity contribution in [3.8, 4) is 0 Å². The van der Waals surface area contributed by atoms with Crippen LogP contribution in [0.1, 0.15) is 45.4 Å². The fourth-order valence-corrected chi connectivity index (χ4v) is 7.77. The zero-order valence-electron chi connectivity index (χ0n) is 18.6. The molecule has 4 fully saturated rings. The number of nitrogens with one attached hydrogen (secondary N) is 3. The maximum absolute atomic E-state index is 13.2. The lowest BCUT2D eigenvalue weighted by Gasteiger charge is -2.56. The Labute approximate surface area is 185 Å². The van der Waals surface area contributed by atoms with E-state index in [1.54, 1.807) is 18.2 Å². The van der Waals surface area contributed by atoms with E-state index in [1.165, 1.54) is 26.2 Å². The van der Waals surface area contributed by atoms with Crippen molar-refractivity contribution in [1.29, 1.82) is 0 Å². The average molecular weight is 444 g/mol. The molecule has 2 aromatic carbocycles. The van der Waals surface area contributed by atoms with E-state index in [2.05, 4.69) is 15.4 Å². The van der Waals surface area contributed by atoms with E-state index in [-0.39, 0.29) is 11.4 Å². The van der Waals surface area contributed by atoms with Crippen molar-refractivity contribution in [1.82, 2.24) is 10.0 Å². The Hall–Kier alpha value is -1.96. The molecule has 4 saturated carbocycles. The number of rotatable bonds is 4. The van der Waals surface area contributed by atoms with E-state index in [1.807, 2.05) is 32.3 Å². The number of benzene rings is 2. The minimum Gasteiger partial charge on any atom is -0.326 e. The van der Waals surface area contributed by atoms with Gasteiger partial charge in [-0.25, -0.2) is 13.1 Å². The van der Waals surface area contributed by atoms with E-state index in [0.717, 1.165) is 30.0 Å². The molecule has 0 aromatic heterocycles. The number of sulfonamides is 1. The van der Waals surface area contributed by atoms with E-state index < -0.39 is 10.0 Å². The molecule has 6 rings (SSSR count). The molecule has 3 N–H and O–H groups in total. The smallest absolute Gasteiger partial charge is 0.241 e. The second-order valence-electron chi connectivity index (χ2n) is 9.67. The van der Waals surface area contributed by atoms with E-state index in [0.29, 0.717) is 28.3 Å². The van der Waals surface area contributed by atoms with Crippen LogP contribution in [-0.4, -0.2) is 34.0 Å². The van der Waals surface area contributed by atoms with Crippen molar-refractivity contribution >= 4 is 32.4 Å². The summed E-state index contributed by atoms with van der Waals surface area (Å²) in [7, 11) is 0.162. The molecule has 7 heteroatoms. The number of anilines is 1. The van der Waals surface area contributed by atoms with Crippen molar-refractivity contribution < 1.29 is 13.2 Å². The first-order valence-electron chi connectivity index (χ1n) is 11.2. The van der Waals surface area contributed by atoms with Crippen LogP contribution < -0.4 is 15.4 Å². The summed E-state index contributed by atoms with van der Waals surface area (Å²) in [5.41, 5.74) is 0.448. The summed E-state index contributed by atoms with van der Waals surface area (Å²) in [5, 5.41) is 7.20. The van der Waals surface area contributed by atoms with Crippen LogP contribution in [0.15, 0.2) is 41.3 Å². The Morgan fingerprint density at radius 1 is 0.968 bits per heavy atom. The van der Waals surface area contributed by atoms with Crippen molar-refractivity contribution in [2.75, 3.05) is 19.4 Å². The number of carbonyl (C=O) groups excluding carboxylic acids is 1. The molecule has 6 nitrogen and oxygen atoms in total. The van der Waals surface area contributed by atoms with Crippen LogP contribution in [0.2, 0.25) is 0 Å². The fraction of sp³-hybridized carbons (Fsp3) is 0.542. The Morgan fingerprint density at radius 3 is 2.10 bits per heavy atom. The summed E-state index contributed by atoms with van der Waals surface area (Å²) in [6, 6.07) is 10.7. The molecule has 168 valence electrons. The van der Waals surface area contributed by atoms with Crippen LogP contribution in [0.4, 0.5) is 5.69 Å². The van der Waals surface area contributed by atoms with Gasteiger partial charge in [-0.15, -0.1) is 0 Å². The zero-order chi connectivity index (χ0) is 22.2. The number of fused-ring (bicyclic) bond motifs is 1. The molecule has 0 atom stereocenters. The summed E-state index contributed by atoms with van der Waals surface area (Å²) < 4.78 is 29.6. The standard InChI is InChI=1S/C22H26N2O3S.C2H7N/c1-14(25)23-21-4-2-3-18-10-19(5-6-20(18)21)28(26,27)24-22-11-15-7-16(12-22)9-17(8-15)13-22;1-3-2/h2-6,10,15-17,24H,7-9,11-13H2,1H3,(H,23,25);3H,1-2H3. The van der Waals surface area contributed by atoms with Crippen LogP contribution >= 0.6 is 0 Å². The van der Waals surface area contributed by atoms with Crippen molar-refractivity contribution in [3.63, 3.8) is 0 Å². The van der Waals surface area contributed by atoms with Gasteiger partial charge < -0.3 is 10.6 Å². The second kappa shape index (κ2) is 8.52. The van der Waals surface area contributed by atoms with Crippen molar-refractivity contribution in [2.24, 2.45) is 17.8 Å². The van der Waals surface area contributed by atoms with Crippen molar-refractivity contribution in [3.05, 3.63) is 36.4 Å². The first-order chi connectivity index (χ1) is 14.7. The Morgan fingerprint density at radius 2 is 1.55 bits per heavy atom. The van der Waals surface area contributed by atoms with Gasteiger partial charge in [-0.1, -0.05) is 18.2 Å². The van der Waals surface area contributed by atoms with Gasteiger partial charge >= 0.3 is 0 Å². The number of hydrogen-bond donors (Lipinski definition) is 3. The lowest BCUT2D eigenvalue weighted by Crippen LogP contribution is -2.59. The van der Waals surface area contributed by atoms with Gasteiger partial charge in [0.05, 0.1) is 4.90 Å². The summed E-state index contributed by atoms with van der Waals surface area (Å²) >= 11 is 0. The number of amides is 1. The van der Waals surface area contributed by atoms with Gasteiger partial charge in [0.1, 0.15) is 0 Å². The zero-order valence-corrected chi connectivity index (χ0v) is 19.4. The maximum Gasteiger partial charge on any atom is 0.241 e. The molecule has 0 aliphatic heterocycles. The topological polar surface area (TPSA) is 87.3 Å². The highest BCUT2D eigenvalue weighted by Gasteiger charge is 2.52. The second-order valence-corrected chi connectivity index (χ2v) is 11.4. The van der Waals surface area contributed by atoms with E-state index >= 15 is 0 Å². The minimum atomic E-state index is -3.59. The van der Waals surface area contributed by atoms with Gasteiger partial charge in [0.2, 0.25) is 15.9 Å². The Bertz CT molecular complexity index is 1050. The predicted molar refractivity (Wildman–Crippen MR) is 124 cm³/mol. The van der Waals surface area contributed by atoms with Gasteiger partial charge in [-0.3, -0.25) is 4.79 Å². The lowest BCUT2D eigenvalue weighted by molar-refractivity contribution is -0.114. The number of carbonyl (C=O) groups is 1.